The molecular weight excluding hydrogens is 579 g/mol. The number of carbonyl (C=O) groups excluding carboxylic acids is 1. The van der Waals surface area contributed by atoms with Crippen molar-refractivity contribution in [3.63, 3.8) is 0 Å². The summed E-state index contributed by atoms with van der Waals surface area (Å²) >= 11 is 12.1. The van der Waals surface area contributed by atoms with E-state index in [1.807, 2.05) is 39.0 Å². The molecule has 0 saturated heterocycles. The Balaban J connectivity index is 1.60. The number of aryl methyl sites for hydroxylation is 3. The summed E-state index contributed by atoms with van der Waals surface area (Å²) in [6.45, 7) is 9.52. The quantitative estimate of drug-likeness (QED) is 0.173. The smallest absolute Gasteiger partial charge is 0.333 e. The van der Waals surface area contributed by atoms with E-state index in [1.54, 1.807) is 42.2 Å². The first-order valence-corrected chi connectivity index (χ1v) is 14.6. The molecular formula is C32H38Cl2N2O6. The van der Waals surface area contributed by atoms with Crippen LogP contribution in [0.4, 0.5) is 10.5 Å². The number of carbonyl (C=O) groups is 2. The van der Waals surface area contributed by atoms with Gasteiger partial charge in [-0.1, -0.05) is 41.4 Å². The lowest BCUT2D eigenvalue weighted by atomic mass is 10.1. The number of amides is 2. The fourth-order valence-electron chi connectivity index (χ4n) is 4.29. The van der Waals surface area contributed by atoms with Gasteiger partial charge in [0.05, 0.1) is 13.2 Å². The van der Waals surface area contributed by atoms with Gasteiger partial charge >= 0.3 is 12.0 Å². The third-order valence-electron chi connectivity index (χ3n) is 6.66. The van der Waals surface area contributed by atoms with E-state index >= 15 is 0 Å². The predicted molar refractivity (Wildman–Crippen MR) is 167 cm³/mol. The molecule has 0 bridgehead atoms. The van der Waals surface area contributed by atoms with Crippen molar-refractivity contribution < 1.29 is 28.9 Å². The van der Waals surface area contributed by atoms with Crippen LogP contribution in [-0.4, -0.2) is 61.0 Å². The average molecular weight is 618 g/mol. The molecule has 226 valence electrons. The maximum atomic E-state index is 13.3. The number of carboxylic acid groups (broad SMARTS) is 1. The van der Waals surface area contributed by atoms with E-state index in [9.17, 15) is 14.7 Å². The van der Waals surface area contributed by atoms with Gasteiger partial charge < -0.3 is 29.5 Å². The van der Waals surface area contributed by atoms with Crippen molar-refractivity contribution in [1.29, 1.82) is 0 Å². The number of rotatable bonds is 15. The summed E-state index contributed by atoms with van der Waals surface area (Å²) in [6.07, 6.45) is -0.0590. The molecule has 10 heteroatoms. The second-order valence-corrected chi connectivity index (χ2v) is 10.8. The molecule has 0 spiro atoms. The topological polar surface area (TPSA) is 97.3 Å². The van der Waals surface area contributed by atoms with Crippen LogP contribution < -0.4 is 14.8 Å². The fourth-order valence-corrected chi connectivity index (χ4v) is 4.80. The minimum Gasteiger partial charge on any atom is -0.493 e. The second-order valence-electron chi connectivity index (χ2n) is 9.95. The third-order valence-corrected chi connectivity index (χ3v) is 7.10. The number of halogens is 2. The molecule has 8 nitrogen and oxygen atoms in total. The van der Waals surface area contributed by atoms with Crippen LogP contribution in [0.25, 0.3) is 0 Å². The van der Waals surface area contributed by atoms with Crippen molar-refractivity contribution in [1.82, 2.24) is 4.90 Å². The normalized spacial score (nSPS) is 11.6. The number of anilines is 1. The van der Waals surface area contributed by atoms with Crippen molar-refractivity contribution in [3.05, 3.63) is 86.9 Å². The molecule has 42 heavy (non-hydrogen) atoms. The number of aliphatic carboxylic acids is 1. The molecule has 2 N–H and O–H groups in total. The highest BCUT2D eigenvalue weighted by molar-refractivity contribution is 6.34. The SMILES string of the molecule is CCOC(Cc1ccc(OCCN(CCCOc2cc(Cl)cc(Cl)c2)C(=O)Nc2cc(C)c(C)cc2C)cc1)C(=O)O. The Morgan fingerprint density at radius 2 is 1.50 bits per heavy atom. The minimum absolute atomic E-state index is 0.235. The van der Waals surface area contributed by atoms with Crippen molar-refractivity contribution in [2.24, 2.45) is 0 Å². The van der Waals surface area contributed by atoms with Crippen LogP contribution in [0.5, 0.6) is 11.5 Å². The third kappa shape index (κ3) is 10.4. The number of carboxylic acids is 1. The van der Waals surface area contributed by atoms with Crippen LogP contribution >= 0.6 is 23.2 Å². The molecule has 1 unspecified atom stereocenters. The molecule has 1 atom stereocenters. The summed E-state index contributed by atoms with van der Waals surface area (Å²) in [7, 11) is 0. The molecule has 0 aliphatic heterocycles. The van der Waals surface area contributed by atoms with Crippen molar-refractivity contribution in [2.75, 3.05) is 38.2 Å². The lowest BCUT2D eigenvalue weighted by molar-refractivity contribution is -0.149. The molecule has 0 radical (unpaired) electrons. The fraction of sp³-hybridized carbons (Fsp3) is 0.375. The Bertz CT molecular complexity index is 1330. The van der Waals surface area contributed by atoms with Crippen LogP contribution in [0.1, 0.15) is 35.6 Å². The summed E-state index contributed by atoms with van der Waals surface area (Å²) < 4.78 is 17.0. The first kappa shape index (κ1) is 33.0. The summed E-state index contributed by atoms with van der Waals surface area (Å²) in [4.78, 5) is 26.4. The summed E-state index contributed by atoms with van der Waals surface area (Å²) in [6, 6.07) is 16.0. The summed E-state index contributed by atoms with van der Waals surface area (Å²) in [5.74, 6) is 0.193. The van der Waals surface area contributed by atoms with Crippen LogP contribution in [0.15, 0.2) is 54.6 Å². The summed E-state index contributed by atoms with van der Waals surface area (Å²) in [5, 5.41) is 13.3. The van der Waals surface area contributed by atoms with Gasteiger partial charge in [-0.3, -0.25) is 0 Å². The van der Waals surface area contributed by atoms with E-state index in [0.29, 0.717) is 54.3 Å². The molecule has 0 fully saturated rings. The Morgan fingerprint density at radius 3 is 2.14 bits per heavy atom. The second kappa shape index (κ2) is 16.2. The molecule has 3 aromatic carbocycles. The molecule has 0 aromatic heterocycles. The van der Waals surface area contributed by atoms with E-state index in [2.05, 4.69) is 11.4 Å². The monoisotopic (exact) mass is 616 g/mol. The standard InChI is InChI=1S/C32H38Cl2N2O6/c1-5-40-30(31(37)38)17-24-7-9-27(10-8-24)42-14-12-36(11-6-13-41-28-19-25(33)18-26(34)20-28)32(39)35-29-16-22(3)21(2)15-23(29)4/h7-10,15-16,18-20,30H,5-6,11-14,17H2,1-4H3,(H,35,39)(H,37,38). The first-order valence-electron chi connectivity index (χ1n) is 13.8. The van der Waals surface area contributed by atoms with Gasteiger partial charge in [0, 0.05) is 35.3 Å². The Hall–Kier alpha value is -3.46. The van der Waals surface area contributed by atoms with Gasteiger partial charge in [0.15, 0.2) is 6.10 Å². The zero-order valence-electron chi connectivity index (χ0n) is 24.4. The Kier molecular flexibility index (Phi) is 12.8. The maximum absolute atomic E-state index is 13.3. The number of urea groups is 1. The van der Waals surface area contributed by atoms with Gasteiger partial charge in [-0.05, 0) is 92.8 Å². The van der Waals surface area contributed by atoms with Gasteiger partial charge in [-0.25, -0.2) is 9.59 Å². The van der Waals surface area contributed by atoms with Crippen molar-refractivity contribution in [2.45, 2.75) is 46.6 Å². The van der Waals surface area contributed by atoms with Gasteiger partial charge in [0.2, 0.25) is 0 Å². The molecule has 3 aromatic rings. The van der Waals surface area contributed by atoms with Crippen LogP contribution in [0.3, 0.4) is 0 Å². The van der Waals surface area contributed by atoms with Gasteiger partial charge in [0.1, 0.15) is 18.1 Å². The molecule has 3 rings (SSSR count). The zero-order chi connectivity index (χ0) is 30.6. The number of hydrogen-bond donors (Lipinski definition) is 2. The predicted octanol–water partition coefficient (Wildman–Crippen LogP) is 7.33. The maximum Gasteiger partial charge on any atom is 0.333 e. The molecule has 0 saturated carbocycles. The van der Waals surface area contributed by atoms with Gasteiger partial charge in [0.25, 0.3) is 0 Å². The number of ether oxygens (including phenoxy) is 3. The molecule has 0 heterocycles. The van der Waals surface area contributed by atoms with Gasteiger partial charge in [-0.15, -0.1) is 0 Å². The highest BCUT2D eigenvalue weighted by Crippen LogP contribution is 2.24. The van der Waals surface area contributed by atoms with E-state index < -0.39 is 12.1 Å². The first-order chi connectivity index (χ1) is 20.0. The summed E-state index contributed by atoms with van der Waals surface area (Å²) in [5.41, 5.74) is 4.84. The zero-order valence-corrected chi connectivity index (χ0v) is 25.9. The number of nitrogens with one attached hydrogen (secondary N) is 1. The molecule has 2 amide bonds. The lowest BCUT2D eigenvalue weighted by Crippen LogP contribution is -2.39. The van der Waals surface area contributed by atoms with Crippen LogP contribution in [0.2, 0.25) is 10.0 Å². The largest absolute Gasteiger partial charge is 0.493 e. The van der Waals surface area contributed by atoms with E-state index in [4.69, 9.17) is 37.4 Å². The van der Waals surface area contributed by atoms with Crippen LogP contribution in [0, 0.1) is 20.8 Å². The number of benzene rings is 3. The van der Waals surface area contributed by atoms with E-state index in [1.165, 1.54) is 0 Å². The average Bonchev–Trinajstić information content (AvgIpc) is 2.93. The Labute approximate surface area is 257 Å². The number of hydrogen-bond acceptors (Lipinski definition) is 5. The molecule has 0 aliphatic carbocycles. The van der Waals surface area contributed by atoms with Crippen molar-refractivity contribution in [3.8, 4) is 11.5 Å². The highest BCUT2D eigenvalue weighted by atomic mass is 35.5. The van der Waals surface area contributed by atoms with Gasteiger partial charge in [-0.2, -0.15) is 0 Å². The minimum atomic E-state index is -0.992. The van der Waals surface area contributed by atoms with Crippen molar-refractivity contribution >= 4 is 40.9 Å². The van der Waals surface area contributed by atoms with Crippen LogP contribution in [-0.2, 0) is 16.0 Å². The Morgan fingerprint density at radius 1 is 0.857 bits per heavy atom. The molecule has 0 aliphatic rings. The van der Waals surface area contributed by atoms with E-state index in [0.717, 1.165) is 27.9 Å². The highest BCUT2D eigenvalue weighted by Gasteiger charge is 2.18. The lowest BCUT2D eigenvalue weighted by Gasteiger charge is -2.24. The van der Waals surface area contributed by atoms with E-state index in [-0.39, 0.29) is 19.1 Å². The number of nitrogens with zero attached hydrogens (tertiary/aromatic N) is 1.